The molecule has 23 heteroatoms. The van der Waals surface area contributed by atoms with Gasteiger partial charge in [0.05, 0.1) is 57.7 Å². The van der Waals surface area contributed by atoms with Crippen molar-refractivity contribution in [1.82, 2.24) is 23.8 Å². The van der Waals surface area contributed by atoms with E-state index in [-0.39, 0.29) is 56.8 Å². The number of unbranched alkanes of at least 4 members (excludes halogenated alkanes) is 1. The van der Waals surface area contributed by atoms with Crippen LogP contribution in [0.15, 0.2) is 31.6 Å². The Morgan fingerprint density at radius 2 is 1.43 bits per heavy atom. The van der Waals surface area contributed by atoms with Crippen LogP contribution >= 0.6 is 13.4 Å². The van der Waals surface area contributed by atoms with Crippen molar-refractivity contribution in [1.29, 1.82) is 5.26 Å². The number of hydrogen-bond acceptors (Lipinski definition) is 16. The maximum atomic E-state index is 12.6. The van der Waals surface area contributed by atoms with Crippen LogP contribution < -0.4 is 22.5 Å². The molecule has 4 heterocycles. The number of H-pyrrole nitrogens is 2. The van der Waals surface area contributed by atoms with Crippen molar-refractivity contribution in [3.05, 3.63) is 65.2 Å². The van der Waals surface area contributed by atoms with Crippen molar-refractivity contribution in [3.8, 4) is 6.07 Å². The van der Waals surface area contributed by atoms with E-state index < -0.39 is 79.3 Å². The van der Waals surface area contributed by atoms with Crippen LogP contribution in [0.25, 0.3) is 0 Å². The summed E-state index contributed by atoms with van der Waals surface area (Å²) >= 11 is 11.6. The Balaban J connectivity index is 1.45. The third kappa shape index (κ3) is 11.4. The van der Waals surface area contributed by atoms with Gasteiger partial charge in [-0.3, -0.25) is 28.7 Å². The Kier molecular flexibility index (Phi) is 16.7. The predicted molar refractivity (Wildman–Crippen MR) is 202 cm³/mol. The third-order valence-corrected chi connectivity index (χ3v) is 14.7. The Labute approximate surface area is 321 Å². The van der Waals surface area contributed by atoms with Crippen LogP contribution in [0.3, 0.4) is 0 Å². The molecule has 4 rings (SSSR count). The van der Waals surface area contributed by atoms with E-state index in [1.165, 1.54) is 35.4 Å². The van der Waals surface area contributed by atoms with E-state index in [0.29, 0.717) is 25.9 Å². The lowest BCUT2D eigenvalue weighted by Crippen LogP contribution is -2.33. The molecule has 2 aromatic heterocycles. The van der Waals surface area contributed by atoms with Crippen LogP contribution in [0, 0.1) is 25.2 Å². The summed E-state index contributed by atoms with van der Waals surface area (Å²) in [4.78, 5) is 53.4. The average Bonchev–Trinajstić information content (AvgIpc) is 3.71. The second kappa shape index (κ2) is 20.3. The Morgan fingerprint density at radius 3 is 1.98 bits per heavy atom. The number of nitriles is 1. The second-order valence-corrected chi connectivity index (χ2v) is 18.9. The molecular formula is C31H48N6O13P2S2. The summed E-state index contributed by atoms with van der Waals surface area (Å²) in [5, 5.41) is 30.0. The first-order chi connectivity index (χ1) is 25.7. The quantitative estimate of drug-likeness (QED) is 0.103. The molecule has 8 unspecified atom stereocenters. The number of aromatic nitrogens is 4. The molecule has 2 fully saturated rings. The standard InChI is InChI=1S/C31H48N6O13P2S2/c1-5-35(6-2)51(53,45-13-9-10-32)44-11-7-8-12-46-52(54,47-19-25-22(39)14-26(49-25)36-16-20(3)28(40)33-30(36)42)50-23-15-27(48-24(23)18-38)37-17-21(4)29(41)34-31(37)43/h16-17,22-27,38-39H,5-9,11-15,18-19H2,1-4H3,(H,33,40,42)(H,34,41,43). The largest absolute Gasteiger partial charge is 0.394 e. The minimum atomic E-state index is -3.71. The van der Waals surface area contributed by atoms with Gasteiger partial charge in [0.25, 0.3) is 17.8 Å². The predicted octanol–water partition coefficient (Wildman–Crippen LogP) is 1.57. The molecule has 2 aromatic rings. The summed E-state index contributed by atoms with van der Waals surface area (Å²) in [5.74, 6) is 0. The lowest BCUT2D eigenvalue weighted by Gasteiger charge is -2.32. The molecule has 302 valence electrons. The smallest absolute Gasteiger partial charge is 0.330 e. The Morgan fingerprint density at radius 1 is 0.889 bits per heavy atom. The molecule has 19 nitrogen and oxygen atoms in total. The van der Waals surface area contributed by atoms with Gasteiger partial charge < -0.3 is 42.3 Å². The van der Waals surface area contributed by atoms with Crippen LogP contribution in [0.5, 0.6) is 0 Å². The van der Waals surface area contributed by atoms with Gasteiger partial charge in [0.2, 0.25) is 0 Å². The van der Waals surface area contributed by atoms with Crippen molar-refractivity contribution < 1.29 is 42.3 Å². The highest BCUT2D eigenvalue weighted by Gasteiger charge is 2.43. The molecule has 8 atom stereocenters. The maximum Gasteiger partial charge on any atom is 0.330 e. The molecule has 2 saturated heterocycles. The van der Waals surface area contributed by atoms with Crippen LogP contribution in [-0.2, 0) is 55.7 Å². The molecule has 0 saturated carbocycles. The second-order valence-electron chi connectivity index (χ2n) is 12.5. The number of ether oxygens (including phenoxy) is 2. The molecule has 4 N–H and O–H groups in total. The van der Waals surface area contributed by atoms with Gasteiger partial charge in [0, 0.05) is 49.5 Å². The number of nitrogens with one attached hydrogen (secondary N) is 2. The van der Waals surface area contributed by atoms with Crippen LogP contribution in [0.1, 0.15) is 69.5 Å². The van der Waals surface area contributed by atoms with Gasteiger partial charge in [-0.05, 0) is 50.3 Å². The number of aryl methyl sites for hydroxylation is 2. The number of aromatic amines is 2. The average molecular weight is 839 g/mol. The first kappa shape index (κ1) is 44.5. The minimum Gasteiger partial charge on any atom is -0.394 e. The zero-order chi connectivity index (χ0) is 39.6. The van der Waals surface area contributed by atoms with E-state index in [4.69, 9.17) is 61.0 Å². The Hall–Kier alpha value is -2.25. The van der Waals surface area contributed by atoms with Crippen molar-refractivity contribution >= 4 is 37.0 Å². The van der Waals surface area contributed by atoms with Gasteiger partial charge in [0.1, 0.15) is 24.7 Å². The van der Waals surface area contributed by atoms with E-state index in [1.54, 1.807) is 0 Å². The molecule has 0 radical (unpaired) electrons. The number of nitrogens with zero attached hydrogens (tertiary/aromatic N) is 4. The van der Waals surface area contributed by atoms with Crippen molar-refractivity contribution in [2.75, 3.05) is 46.1 Å². The van der Waals surface area contributed by atoms with Gasteiger partial charge in [-0.15, -0.1) is 0 Å². The monoisotopic (exact) mass is 838 g/mol. The fourth-order valence-corrected chi connectivity index (χ4v) is 10.8. The molecule has 54 heavy (non-hydrogen) atoms. The molecule has 0 spiro atoms. The summed E-state index contributed by atoms with van der Waals surface area (Å²) in [5.41, 5.74) is -1.92. The molecule has 0 aliphatic carbocycles. The number of aliphatic hydroxyl groups excluding tert-OH is 2. The molecule has 0 bridgehead atoms. The van der Waals surface area contributed by atoms with Gasteiger partial charge in [0.15, 0.2) is 0 Å². The van der Waals surface area contributed by atoms with Gasteiger partial charge in [-0.25, -0.2) is 14.3 Å². The lowest BCUT2D eigenvalue weighted by molar-refractivity contribution is -0.0549. The van der Waals surface area contributed by atoms with Gasteiger partial charge >= 0.3 is 18.1 Å². The number of rotatable bonds is 21. The van der Waals surface area contributed by atoms with Crippen LogP contribution in [-0.4, -0.2) is 105 Å². The van der Waals surface area contributed by atoms with Crippen molar-refractivity contribution in [2.24, 2.45) is 0 Å². The van der Waals surface area contributed by atoms with E-state index in [9.17, 15) is 29.4 Å². The lowest BCUT2D eigenvalue weighted by atomic mass is 10.2. The van der Waals surface area contributed by atoms with E-state index in [1.807, 2.05) is 24.6 Å². The van der Waals surface area contributed by atoms with Gasteiger partial charge in [-0.1, -0.05) is 13.8 Å². The first-order valence-corrected chi connectivity index (χ1v) is 22.6. The highest BCUT2D eigenvalue weighted by Crippen LogP contribution is 2.55. The van der Waals surface area contributed by atoms with Crippen LogP contribution in [0.2, 0.25) is 0 Å². The highest BCUT2D eigenvalue weighted by atomic mass is 32.5. The highest BCUT2D eigenvalue weighted by molar-refractivity contribution is 8.08. The molecule has 0 amide bonds. The van der Waals surface area contributed by atoms with Gasteiger partial charge in [-0.2, -0.15) is 5.26 Å². The third-order valence-electron chi connectivity index (χ3n) is 8.73. The molecule has 2 aliphatic heterocycles. The fraction of sp³-hybridized carbons (Fsp3) is 0.710. The fourth-order valence-electron chi connectivity index (χ4n) is 5.75. The summed E-state index contributed by atoms with van der Waals surface area (Å²) in [7, 11) is 0. The first-order valence-electron chi connectivity index (χ1n) is 17.5. The normalized spacial score (nSPS) is 25.1. The van der Waals surface area contributed by atoms with E-state index >= 15 is 0 Å². The van der Waals surface area contributed by atoms with Crippen molar-refractivity contribution in [2.45, 2.75) is 96.7 Å². The number of aliphatic hydroxyl groups is 2. The SMILES string of the molecule is CCN(CC)P(=S)(OCCC#N)OCCCCOP(=S)(OCC1OC(n2cc(C)c(=O)[nH]c2=O)CC1O)OC1CC(n2cc(C)c(=O)[nH]c2=O)OC1CO. The summed E-state index contributed by atoms with van der Waals surface area (Å²) in [6, 6.07) is 2.04. The zero-order valence-electron chi connectivity index (χ0n) is 30.5. The molecule has 2 aliphatic rings. The zero-order valence-corrected chi connectivity index (χ0v) is 33.9. The van der Waals surface area contributed by atoms with Crippen molar-refractivity contribution in [3.63, 3.8) is 0 Å². The summed E-state index contributed by atoms with van der Waals surface area (Å²) in [6.07, 6.45) is -1.89. The molecule has 0 aromatic carbocycles. The summed E-state index contributed by atoms with van der Waals surface area (Å²) in [6.45, 7) is 1.28. The minimum absolute atomic E-state index is 0.0167. The number of hydrogen-bond donors (Lipinski definition) is 4. The Bertz CT molecular complexity index is 1950. The van der Waals surface area contributed by atoms with E-state index in [2.05, 4.69) is 9.97 Å². The van der Waals surface area contributed by atoms with Crippen LogP contribution in [0.4, 0.5) is 0 Å². The summed E-state index contributed by atoms with van der Waals surface area (Å²) < 4.78 is 46.5. The maximum absolute atomic E-state index is 12.6. The topological polar surface area (TPSA) is 242 Å². The molecular weight excluding hydrogens is 790 g/mol. The van der Waals surface area contributed by atoms with E-state index in [0.717, 1.165) is 0 Å².